The van der Waals surface area contributed by atoms with Gasteiger partial charge in [0.1, 0.15) is 10.8 Å². The fourth-order valence-electron chi connectivity index (χ4n) is 3.60. The zero-order valence-electron chi connectivity index (χ0n) is 17.4. The summed E-state index contributed by atoms with van der Waals surface area (Å²) in [6, 6.07) is 6.83. The Morgan fingerprint density at radius 1 is 1.07 bits per heavy atom. The van der Waals surface area contributed by atoms with Gasteiger partial charge in [0.05, 0.1) is 24.7 Å². The second-order valence-electron chi connectivity index (χ2n) is 7.25. The molecule has 2 amide bonds. The number of ether oxygens (including phenoxy) is 2. The maximum Gasteiger partial charge on any atom is 0.341 e. The van der Waals surface area contributed by atoms with Crippen LogP contribution >= 0.6 is 11.3 Å². The molecule has 1 aromatic carbocycles. The van der Waals surface area contributed by atoms with Gasteiger partial charge < -0.3 is 20.1 Å². The molecule has 1 aliphatic rings. The molecule has 0 saturated heterocycles. The highest BCUT2D eigenvalue weighted by Crippen LogP contribution is 2.34. The molecule has 1 fully saturated rings. The third-order valence-corrected chi connectivity index (χ3v) is 6.45. The predicted octanol–water partition coefficient (Wildman–Crippen LogP) is 4.17. The molecular formula is C22H26N2O5S. The molecule has 7 nitrogen and oxygen atoms in total. The van der Waals surface area contributed by atoms with Gasteiger partial charge in [0.25, 0.3) is 11.8 Å². The molecule has 3 rings (SSSR count). The van der Waals surface area contributed by atoms with Crippen molar-refractivity contribution in [1.82, 2.24) is 5.32 Å². The van der Waals surface area contributed by atoms with Crippen LogP contribution in [0.2, 0.25) is 0 Å². The molecule has 0 aliphatic heterocycles. The molecule has 0 atom stereocenters. The molecule has 30 heavy (non-hydrogen) atoms. The lowest BCUT2D eigenvalue weighted by atomic mass is 9.95. The van der Waals surface area contributed by atoms with Crippen molar-refractivity contribution >= 4 is 34.1 Å². The first-order valence-corrected chi connectivity index (χ1v) is 10.7. The summed E-state index contributed by atoms with van der Waals surface area (Å²) in [5.74, 6) is -0.678. The van der Waals surface area contributed by atoms with Crippen LogP contribution in [-0.4, -0.2) is 38.0 Å². The number of rotatable bonds is 6. The standard InChI is InChI=1S/C22H26N2O5S/c1-13-17(22(27)29-3)21(24-19(25)14-8-7-11-16(12-14)28-2)30-18(13)20(26)23-15-9-5-4-6-10-15/h7-8,11-12,15H,4-6,9-10H2,1-3H3,(H,23,26)(H,24,25). The van der Waals surface area contributed by atoms with E-state index in [9.17, 15) is 14.4 Å². The molecule has 8 heteroatoms. The topological polar surface area (TPSA) is 93.7 Å². The molecule has 0 bridgehead atoms. The first kappa shape index (κ1) is 21.8. The summed E-state index contributed by atoms with van der Waals surface area (Å²) >= 11 is 1.08. The molecule has 1 aliphatic carbocycles. The van der Waals surface area contributed by atoms with Gasteiger partial charge >= 0.3 is 5.97 Å². The van der Waals surface area contributed by atoms with Crippen LogP contribution in [0.3, 0.4) is 0 Å². The lowest BCUT2D eigenvalue weighted by Crippen LogP contribution is -2.36. The van der Waals surface area contributed by atoms with Gasteiger partial charge in [-0.3, -0.25) is 9.59 Å². The number of methoxy groups -OCH3 is 2. The van der Waals surface area contributed by atoms with Gasteiger partial charge in [0, 0.05) is 11.6 Å². The fraction of sp³-hybridized carbons (Fsp3) is 0.409. The van der Waals surface area contributed by atoms with E-state index in [1.54, 1.807) is 31.2 Å². The molecule has 1 heterocycles. The van der Waals surface area contributed by atoms with E-state index in [0.717, 1.165) is 37.0 Å². The number of amides is 2. The summed E-state index contributed by atoms with van der Waals surface area (Å²) < 4.78 is 10.0. The zero-order chi connectivity index (χ0) is 21.7. The van der Waals surface area contributed by atoms with Crippen molar-refractivity contribution in [3.63, 3.8) is 0 Å². The quantitative estimate of drug-likeness (QED) is 0.671. The van der Waals surface area contributed by atoms with Gasteiger partial charge in [0.2, 0.25) is 0 Å². The first-order chi connectivity index (χ1) is 14.4. The number of anilines is 1. The van der Waals surface area contributed by atoms with E-state index in [2.05, 4.69) is 10.6 Å². The van der Waals surface area contributed by atoms with Gasteiger partial charge in [-0.15, -0.1) is 11.3 Å². The Balaban J connectivity index is 1.87. The Hall–Kier alpha value is -2.87. The van der Waals surface area contributed by atoms with E-state index >= 15 is 0 Å². The van der Waals surface area contributed by atoms with E-state index in [0.29, 0.717) is 26.8 Å². The highest BCUT2D eigenvalue weighted by Gasteiger charge is 2.28. The van der Waals surface area contributed by atoms with Crippen molar-refractivity contribution < 1.29 is 23.9 Å². The van der Waals surface area contributed by atoms with Crippen molar-refractivity contribution in [2.45, 2.75) is 45.1 Å². The number of thiophene rings is 1. The molecule has 1 aromatic heterocycles. The predicted molar refractivity (Wildman–Crippen MR) is 116 cm³/mol. The molecule has 1 saturated carbocycles. The van der Waals surface area contributed by atoms with Crippen LogP contribution in [-0.2, 0) is 4.74 Å². The second kappa shape index (κ2) is 9.75. The molecule has 0 unspecified atom stereocenters. The molecule has 0 radical (unpaired) electrons. The third-order valence-electron chi connectivity index (χ3n) is 5.24. The van der Waals surface area contributed by atoms with Crippen molar-refractivity contribution in [2.75, 3.05) is 19.5 Å². The molecule has 2 N–H and O–H groups in total. The van der Waals surface area contributed by atoms with Gasteiger partial charge in [0.15, 0.2) is 0 Å². The first-order valence-electron chi connectivity index (χ1n) is 9.92. The monoisotopic (exact) mass is 430 g/mol. The van der Waals surface area contributed by atoms with Gasteiger partial charge in [-0.1, -0.05) is 25.3 Å². The largest absolute Gasteiger partial charge is 0.497 e. The second-order valence-corrected chi connectivity index (χ2v) is 8.27. The van der Waals surface area contributed by atoms with E-state index in [1.807, 2.05) is 0 Å². The Labute approximate surface area is 179 Å². The minimum absolute atomic E-state index is 0.143. The number of carbonyl (C=O) groups excluding carboxylic acids is 3. The minimum atomic E-state index is -0.596. The van der Waals surface area contributed by atoms with Crippen LogP contribution in [0, 0.1) is 6.92 Å². The van der Waals surface area contributed by atoms with Crippen molar-refractivity contribution in [2.24, 2.45) is 0 Å². The van der Waals surface area contributed by atoms with E-state index < -0.39 is 11.9 Å². The van der Waals surface area contributed by atoms with Crippen LogP contribution in [0.1, 0.15) is 68.1 Å². The fourth-order valence-corrected chi connectivity index (χ4v) is 4.70. The molecule has 160 valence electrons. The molecule has 0 spiro atoms. The van der Waals surface area contributed by atoms with Crippen LogP contribution in [0.4, 0.5) is 5.00 Å². The Bertz CT molecular complexity index is 947. The van der Waals surface area contributed by atoms with E-state index in [4.69, 9.17) is 9.47 Å². The number of hydrogen-bond acceptors (Lipinski definition) is 6. The maximum absolute atomic E-state index is 12.9. The van der Waals surface area contributed by atoms with E-state index in [1.165, 1.54) is 20.6 Å². The van der Waals surface area contributed by atoms with Gasteiger partial charge in [-0.05, 0) is 43.5 Å². The van der Waals surface area contributed by atoms with Crippen molar-refractivity contribution in [3.05, 3.63) is 45.8 Å². The highest BCUT2D eigenvalue weighted by molar-refractivity contribution is 7.18. The number of esters is 1. The average molecular weight is 431 g/mol. The summed E-state index contributed by atoms with van der Waals surface area (Å²) in [5, 5.41) is 6.11. The minimum Gasteiger partial charge on any atom is -0.497 e. The average Bonchev–Trinajstić information content (AvgIpc) is 3.09. The van der Waals surface area contributed by atoms with E-state index in [-0.39, 0.29) is 17.5 Å². The van der Waals surface area contributed by atoms with Crippen LogP contribution < -0.4 is 15.4 Å². The maximum atomic E-state index is 12.9. The Morgan fingerprint density at radius 2 is 1.80 bits per heavy atom. The summed E-state index contributed by atoms with van der Waals surface area (Å²) in [7, 11) is 2.79. The summed E-state index contributed by atoms with van der Waals surface area (Å²) in [4.78, 5) is 38.4. The lowest BCUT2D eigenvalue weighted by molar-refractivity contribution is 0.0601. The van der Waals surface area contributed by atoms with Crippen molar-refractivity contribution in [1.29, 1.82) is 0 Å². The Kier molecular flexibility index (Phi) is 7.10. The summed E-state index contributed by atoms with van der Waals surface area (Å²) in [5.41, 5.74) is 1.08. The number of carbonyl (C=O) groups is 3. The van der Waals surface area contributed by atoms with Gasteiger partial charge in [-0.2, -0.15) is 0 Å². The SMILES string of the molecule is COC(=O)c1c(NC(=O)c2cccc(OC)c2)sc(C(=O)NC2CCCCC2)c1C. The van der Waals surface area contributed by atoms with Crippen LogP contribution in [0.15, 0.2) is 24.3 Å². The van der Waals surface area contributed by atoms with Crippen LogP contribution in [0.5, 0.6) is 5.75 Å². The van der Waals surface area contributed by atoms with Gasteiger partial charge in [-0.25, -0.2) is 4.79 Å². The van der Waals surface area contributed by atoms with Crippen molar-refractivity contribution in [3.8, 4) is 5.75 Å². The molecule has 2 aromatic rings. The number of nitrogens with one attached hydrogen (secondary N) is 2. The van der Waals surface area contributed by atoms with Crippen LogP contribution in [0.25, 0.3) is 0 Å². The summed E-state index contributed by atoms with van der Waals surface area (Å²) in [6.07, 6.45) is 5.31. The molecular weight excluding hydrogens is 404 g/mol. The summed E-state index contributed by atoms with van der Waals surface area (Å²) in [6.45, 7) is 1.69. The normalized spacial score (nSPS) is 14.1. The smallest absolute Gasteiger partial charge is 0.341 e. The zero-order valence-corrected chi connectivity index (χ0v) is 18.2. The number of hydrogen-bond donors (Lipinski definition) is 2. The number of benzene rings is 1. The Morgan fingerprint density at radius 3 is 2.47 bits per heavy atom. The third kappa shape index (κ3) is 4.81. The lowest BCUT2D eigenvalue weighted by Gasteiger charge is -2.22. The highest BCUT2D eigenvalue weighted by atomic mass is 32.1.